The maximum Gasteiger partial charge on any atom is 0.123 e. The first-order chi connectivity index (χ1) is 11.3. The number of hydrogen-bond donors (Lipinski definition) is 3. The van der Waals surface area contributed by atoms with Crippen LogP contribution in [0.1, 0.15) is 11.1 Å². The summed E-state index contributed by atoms with van der Waals surface area (Å²) in [5.41, 5.74) is 9.86. The van der Waals surface area contributed by atoms with Crippen molar-refractivity contribution in [3.8, 4) is 5.75 Å². The molecule has 0 amide bonds. The molecule has 136 valence electrons. The van der Waals surface area contributed by atoms with Gasteiger partial charge >= 0.3 is 0 Å². The summed E-state index contributed by atoms with van der Waals surface area (Å²) in [7, 11) is 1.70. The number of hydrogen-bond acceptors (Lipinski definition) is 3. The van der Waals surface area contributed by atoms with E-state index in [1.165, 1.54) is 10.9 Å². The molecule has 3 aromatic rings. The molecular formula is C19H25Cl2N3O. The number of H-pyrrole nitrogens is 1. The smallest absolute Gasteiger partial charge is 0.123 e. The van der Waals surface area contributed by atoms with Gasteiger partial charge in [-0.25, -0.2) is 0 Å². The lowest BCUT2D eigenvalue weighted by Crippen LogP contribution is -2.35. The minimum atomic E-state index is 0. The van der Waals surface area contributed by atoms with E-state index >= 15 is 0 Å². The monoisotopic (exact) mass is 381 g/mol. The third kappa shape index (κ3) is 5.38. The molecule has 0 aliphatic rings. The number of methoxy groups -OCH3 is 1. The maximum absolute atomic E-state index is 6.28. The van der Waals surface area contributed by atoms with Crippen molar-refractivity contribution in [2.24, 2.45) is 5.73 Å². The number of para-hydroxylation sites is 2. The SMILES string of the molecule is COc1ccccc1CNC[C@H](N)Cc1c[nH]c2ccccc12.Cl.Cl. The summed E-state index contributed by atoms with van der Waals surface area (Å²) in [5.74, 6) is 0.908. The van der Waals surface area contributed by atoms with Crippen molar-refractivity contribution < 1.29 is 4.74 Å². The minimum absolute atomic E-state index is 0. The van der Waals surface area contributed by atoms with Gasteiger partial charge in [-0.3, -0.25) is 0 Å². The molecule has 3 rings (SSSR count). The molecule has 25 heavy (non-hydrogen) atoms. The van der Waals surface area contributed by atoms with Crippen molar-refractivity contribution in [3.63, 3.8) is 0 Å². The first-order valence-corrected chi connectivity index (χ1v) is 7.91. The summed E-state index contributed by atoms with van der Waals surface area (Å²) in [6, 6.07) is 16.4. The topological polar surface area (TPSA) is 63.1 Å². The number of rotatable bonds is 7. The summed E-state index contributed by atoms with van der Waals surface area (Å²) in [6.07, 6.45) is 2.91. The van der Waals surface area contributed by atoms with Gasteiger partial charge in [0.1, 0.15) is 5.75 Å². The number of ether oxygens (including phenoxy) is 1. The molecule has 1 heterocycles. The van der Waals surface area contributed by atoms with Gasteiger partial charge in [-0.2, -0.15) is 0 Å². The van der Waals surface area contributed by atoms with E-state index in [0.29, 0.717) is 0 Å². The zero-order valence-corrected chi connectivity index (χ0v) is 15.8. The second-order valence-electron chi connectivity index (χ2n) is 5.77. The van der Waals surface area contributed by atoms with E-state index in [1.54, 1.807) is 7.11 Å². The van der Waals surface area contributed by atoms with E-state index in [2.05, 4.69) is 40.8 Å². The molecule has 0 saturated carbocycles. The summed E-state index contributed by atoms with van der Waals surface area (Å²) in [4.78, 5) is 3.30. The van der Waals surface area contributed by atoms with Crippen LogP contribution in [-0.2, 0) is 13.0 Å². The average Bonchev–Trinajstić information content (AvgIpc) is 2.98. The zero-order valence-electron chi connectivity index (χ0n) is 14.2. The molecule has 0 spiro atoms. The number of fused-ring (bicyclic) bond motifs is 1. The molecule has 0 aliphatic heterocycles. The van der Waals surface area contributed by atoms with Crippen molar-refractivity contribution in [2.45, 2.75) is 19.0 Å². The molecule has 4 nitrogen and oxygen atoms in total. The third-order valence-corrected chi connectivity index (χ3v) is 4.07. The van der Waals surface area contributed by atoms with E-state index in [9.17, 15) is 0 Å². The summed E-state index contributed by atoms with van der Waals surface area (Å²) in [5, 5.41) is 4.68. The van der Waals surface area contributed by atoms with E-state index in [0.717, 1.165) is 36.3 Å². The molecule has 6 heteroatoms. The largest absolute Gasteiger partial charge is 0.496 e. The number of nitrogens with two attached hydrogens (primary N) is 1. The Morgan fingerprint density at radius 2 is 1.76 bits per heavy atom. The molecule has 0 unspecified atom stereocenters. The van der Waals surface area contributed by atoms with Crippen LogP contribution in [0.5, 0.6) is 5.75 Å². The Kier molecular flexibility index (Phi) is 8.79. The lowest BCUT2D eigenvalue weighted by Gasteiger charge is -2.14. The lowest BCUT2D eigenvalue weighted by atomic mass is 10.1. The highest BCUT2D eigenvalue weighted by atomic mass is 35.5. The molecule has 2 aromatic carbocycles. The fourth-order valence-electron chi connectivity index (χ4n) is 2.90. The molecule has 0 radical (unpaired) electrons. The van der Waals surface area contributed by atoms with Gasteiger partial charge in [-0.15, -0.1) is 24.8 Å². The van der Waals surface area contributed by atoms with E-state index in [4.69, 9.17) is 10.5 Å². The van der Waals surface area contributed by atoms with Gasteiger partial charge in [-0.1, -0.05) is 36.4 Å². The van der Waals surface area contributed by atoms with Crippen LogP contribution in [0, 0.1) is 0 Å². The fraction of sp³-hybridized carbons (Fsp3) is 0.263. The van der Waals surface area contributed by atoms with Crippen molar-refractivity contribution in [2.75, 3.05) is 13.7 Å². The molecule has 1 aromatic heterocycles. The molecule has 0 saturated heterocycles. The second-order valence-corrected chi connectivity index (χ2v) is 5.77. The lowest BCUT2D eigenvalue weighted by molar-refractivity contribution is 0.407. The Morgan fingerprint density at radius 3 is 2.56 bits per heavy atom. The molecule has 4 N–H and O–H groups in total. The van der Waals surface area contributed by atoms with Crippen LogP contribution in [-0.4, -0.2) is 24.7 Å². The highest BCUT2D eigenvalue weighted by Gasteiger charge is 2.09. The highest BCUT2D eigenvalue weighted by molar-refractivity contribution is 5.85. The van der Waals surface area contributed by atoms with Crippen LogP contribution in [0.4, 0.5) is 0 Å². The van der Waals surface area contributed by atoms with E-state index in [-0.39, 0.29) is 30.9 Å². The van der Waals surface area contributed by atoms with Gasteiger partial charge in [0.15, 0.2) is 0 Å². The summed E-state index contributed by atoms with van der Waals surface area (Å²) in [6.45, 7) is 1.52. The van der Waals surface area contributed by atoms with Gasteiger partial charge < -0.3 is 20.8 Å². The summed E-state index contributed by atoms with van der Waals surface area (Å²) >= 11 is 0. The van der Waals surface area contributed by atoms with Crippen LogP contribution < -0.4 is 15.8 Å². The van der Waals surface area contributed by atoms with Crippen molar-refractivity contribution in [1.82, 2.24) is 10.3 Å². The number of nitrogens with one attached hydrogen (secondary N) is 2. The van der Waals surface area contributed by atoms with Crippen molar-refractivity contribution in [3.05, 3.63) is 65.9 Å². The summed E-state index contributed by atoms with van der Waals surface area (Å²) < 4.78 is 5.36. The van der Waals surface area contributed by atoms with Gasteiger partial charge in [0.25, 0.3) is 0 Å². The second kappa shape index (κ2) is 10.3. The molecule has 0 aliphatic carbocycles. The molecule has 0 bridgehead atoms. The van der Waals surface area contributed by atoms with E-state index in [1.807, 2.05) is 24.3 Å². The number of aromatic amines is 1. The average molecular weight is 382 g/mol. The Balaban J connectivity index is 0.00000156. The quantitative estimate of drug-likeness (QED) is 0.584. The number of benzene rings is 2. The highest BCUT2D eigenvalue weighted by Crippen LogP contribution is 2.19. The Morgan fingerprint density at radius 1 is 1.04 bits per heavy atom. The predicted octanol–water partition coefficient (Wildman–Crippen LogP) is 3.68. The molecule has 0 fully saturated rings. The zero-order chi connectivity index (χ0) is 16.1. The third-order valence-electron chi connectivity index (χ3n) is 4.07. The molecular weight excluding hydrogens is 357 g/mol. The van der Waals surface area contributed by atoms with Crippen LogP contribution in [0.2, 0.25) is 0 Å². The van der Waals surface area contributed by atoms with E-state index < -0.39 is 0 Å². The van der Waals surface area contributed by atoms with Crippen LogP contribution in [0.3, 0.4) is 0 Å². The van der Waals surface area contributed by atoms with Crippen LogP contribution >= 0.6 is 24.8 Å². The minimum Gasteiger partial charge on any atom is -0.496 e. The van der Waals surface area contributed by atoms with Crippen molar-refractivity contribution >= 4 is 35.7 Å². The predicted molar refractivity (Wildman–Crippen MR) is 109 cm³/mol. The number of aromatic nitrogens is 1. The Bertz CT molecular complexity index is 776. The van der Waals surface area contributed by atoms with Crippen LogP contribution in [0.15, 0.2) is 54.7 Å². The maximum atomic E-state index is 6.28. The van der Waals surface area contributed by atoms with Gasteiger partial charge in [-0.05, 0) is 24.1 Å². The fourth-order valence-corrected chi connectivity index (χ4v) is 2.90. The van der Waals surface area contributed by atoms with Crippen LogP contribution in [0.25, 0.3) is 10.9 Å². The van der Waals surface area contributed by atoms with Gasteiger partial charge in [0.05, 0.1) is 7.11 Å². The van der Waals surface area contributed by atoms with Gasteiger partial charge in [0.2, 0.25) is 0 Å². The Hall–Kier alpha value is -1.72. The standard InChI is InChI=1S/C19H23N3O.2ClH/c1-23-19-9-5-2-6-14(19)11-21-13-16(20)10-15-12-22-18-8-4-3-7-17(15)18;;/h2-9,12,16,21-22H,10-11,13,20H2,1H3;2*1H/t16-;;/m1../s1. The molecule has 1 atom stereocenters. The number of halogens is 2. The first-order valence-electron chi connectivity index (χ1n) is 7.91. The first kappa shape index (κ1) is 21.3. The Labute approximate surface area is 161 Å². The van der Waals surface area contributed by atoms with Crippen molar-refractivity contribution in [1.29, 1.82) is 0 Å². The van der Waals surface area contributed by atoms with Gasteiger partial charge in [0, 0.05) is 41.8 Å². The normalized spacial score (nSPS) is 11.4.